The van der Waals surface area contributed by atoms with Crippen LogP contribution in [0, 0.1) is 0 Å². The van der Waals surface area contributed by atoms with Crippen LogP contribution in [0.25, 0.3) is 0 Å². The summed E-state index contributed by atoms with van der Waals surface area (Å²) in [7, 11) is 0. The number of ether oxygens (including phenoxy) is 1. The highest BCUT2D eigenvalue weighted by Crippen LogP contribution is 2.26. The minimum atomic E-state index is -2.97. The van der Waals surface area contributed by atoms with E-state index in [1.165, 1.54) is 0 Å². The first-order valence-electron chi connectivity index (χ1n) is 3.19. The maximum Gasteiger partial charge on any atom is 0.387 e. The van der Waals surface area contributed by atoms with Gasteiger partial charge in [-0.2, -0.15) is 8.78 Å². The molecule has 0 amide bonds. The Balaban J connectivity index is 3.01. The van der Waals surface area contributed by atoms with E-state index in [1.807, 2.05) is 0 Å². The molecule has 0 aliphatic rings. The molecule has 0 N–H and O–H groups in total. The Hall–Kier alpha value is -1.23. The molecule has 6 heteroatoms. The second-order valence-electron chi connectivity index (χ2n) is 2.00. The molecule has 1 aromatic heterocycles. The van der Waals surface area contributed by atoms with Crippen LogP contribution in [-0.2, 0) is 0 Å². The van der Waals surface area contributed by atoms with Crippen LogP contribution in [0.15, 0.2) is 12.3 Å². The zero-order valence-corrected chi connectivity index (χ0v) is 6.96. The molecule has 70 valence electrons. The Kier molecular flexibility index (Phi) is 3.13. The molecule has 3 nitrogen and oxygen atoms in total. The zero-order valence-electron chi connectivity index (χ0n) is 6.21. The fourth-order valence-corrected chi connectivity index (χ4v) is 0.911. The van der Waals surface area contributed by atoms with Crippen molar-refractivity contribution in [3.63, 3.8) is 0 Å². The Morgan fingerprint density at radius 1 is 1.62 bits per heavy atom. The fraction of sp³-hybridized carbons (Fsp3) is 0.143. The summed E-state index contributed by atoms with van der Waals surface area (Å²) >= 11 is 5.50. The van der Waals surface area contributed by atoms with Crippen LogP contribution < -0.4 is 4.74 Å². The average molecular weight is 208 g/mol. The number of halogens is 3. The third-order valence-corrected chi connectivity index (χ3v) is 1.59. The van der Waals surface area contributed by atoms with Crippen molar-refractivity contribution in [2.24, 2.45) is 0 Å². The van der Waals surface area contributed by atoms with E-state index in [0.717, 1.165) is 12.3 Å². The molecule has 0 aromatic carbocycles. The van der Waals surface area contributed by atoms with Gasteiger partial charge in [-0.15, -0.1) is 0 Å². The maximum atomic E-state index is 11.7. The molecule has 0 unspecified atom stereocenters. The molecule has 0 saturated carbocycles. The number of carbonyl (C=O) groups is 1. The van der Waals surface area contributed by atoms with E-state index in [-0.39, 0.29) is 16.5 Å². The van der Waals surface area contributed by atoms with Gasteiger partial charge in [0.05, 0.1) is 0 Å². The lowest BCUT2D eigenvalue weighted by Gasteiger charge is -2.06. The molecule has 0 spiro atoms. The third kappa shape index (κ3) is 2.35. The summed E-state index contributed by atoms with van der Waals surface area (Å²) in [6.07, 6.45) is 1.52. The number of alkyl halides is 2. The highest BCUT2D eigenvalue weighted by Gasteiger charge is 2.11. The van der Waals surface area contributed by atoms with E-state index in [4.69, 9.17) is 11.6 Å². The van der Waals surface area contributed by atoms with E-state index < -0.39 is 6.61 Å². The van der Waals surface area contributed by atoms with Crippen molar-refractivity contribution in [3.05, 3.63) is 23.0 Å². The molecule has 0 atom stereocenters. The van der Waals surface area contributed by atoms with Gasteiger partial charge in [-0.3, -0.25) is 9.78 Å². The van der Waals surface area contributed by atoms with Crippen LogP contribution in [-0.4, -0.2) is 17.9 Å². The number of aromatic nitrogens is 1. The van der Waals surface area contributed by atoms with Gasteiger partial charge in [0.1, 0.15) is 16.5 Å². The van der Waals surface area contributed by atoms with E-state index in [1.54, 1.807) is 0 Å². The summed E-state index contributed by atoms with van der Waals surface area (Å²) in [5.41, 5.74) is -0.125. The van der Waals surface area contributed by atoms with Crippen LogP contribution in [0.5, 0.6) is 5.75 Å². The first-order valence-corrected chi connectivity index (χ1v) is 3.57. The van der Waals surface area contributed by atoms with Gasteiger partial charge in [0, 0.05) is 12.3 Å². The van der Waals surface area contributed by atoms with Crippen molar-refractivity contribution in [1.82, 2.24) is 4.98 Å². The first kappa shape index (κ1) is 9.85. The number of nitrogens with zero attached hydrogens (tertiary/aromatic N) is 1. The fourth-order valence-electron chi connectivity index (χ4n) is 0.710. The number of carbonyl (C=O) groups excluding carboxylic acids is 1. The molecule has 1 aromatic rings. The van der Waals surface area contributed by atoms with Crippen LogP contribution in [0.3, 0.4) is 0 Å². The monoisotopic (exact) mass is 207 g/mol. The van der Waals surface area contributed by atoms with Gasteiger partial charge in [-0.25, -0.2) is 0 Å². The summed E-state index contributed by atoms with van der Waals surface area (Å²) in [6, 6.07) is 1.15. The lowest BCUT2D eigenvalue weighted by atomic mass is 10.3. The predicted molar refractivity (Wildman–Crippen MR) is 41.3 cm³/mol. The Morgan fingerprint density at radius 2 is 2.31 bits per heavy atom. The molecule has 0 fully saturated rings. The summed E-state index contributed by atoms with van der Waals surface area (Å²) in [4.78, 5) is 13.8. The lowest BCUT2D eigenvalue weighted by Crippen LogP contribution is -2.03. The standard InChI is InChI=1S/C7H4ClF2NO2/c8-6-4(3-12)11-2-1-5(6)13-7(9)10/h1-3,7H. The topological polar surface area (TPSA) is 39.2 Å². The van der Waals surface area contributed by atoms with Gasteiger partial charge in [0.15, 0.2) is 6.29 Å². The van der Waals surface area contributed by atoms with Gasteiger partial charge in [-0.05, 0) is 0 Å². The van der Waals surface area contributed by atoms with Crippen LogP contribution in [0.1, 0.15) is 10.5 Å². The van der Waals surface area contributed by atoms with Gasteiger partial charge >= 0.3 is 6.61 Å². The van der Waals surface area contributed by atoms with Crippen LogP contribution >= 0.6 is 11.6 Å². The zero-order chi connectivity index (χ0) is 9.84. The van der Waals surface area contributed by atoms with Crippen molar-refractivity contribution in [2.75, 3.05) is 0 Å². The van der Waals surface area contributed by atoms with E-state index >= 15 is 0 Å². The second kappa shape index (κ2) is 4.13. The third-order valence-electron chi connectivity index (χ3n) is 1.21. The van der Waals surface area contributed by atoms with Crippen molar-refractivity contribution in [3.8, 4) is 5.75 Å². The number of pyridine rings is 1. The minimum absolute atomic E-state index is 0.125. The quantitative estimate of drug-likeness (QED) is 0.713. The van der Waals surface area contributed by atoms with Crippen molar-refractivity contribution < 1.29 is 18.3 Å². The highest BCUT2D eigenvalue weighted by molar-refractivity contribution is 6.34. The minimum Gasteiger partial charge on any atom is -0.433 e. The summed E-state index contributed by atoms with van der Waals surface area (Å²) in [6.45, 7) is -2.97. The molecule has 1 rings (SSSR count). The normalized spacial score (nSPS) is 10.2. The largest absolute Gasteiger partial charge is 0.433 e. The lowest BCUT2D eigenvalue weighted by molar-refractivity contribution is -0.0498. The summed E-state index contributed by atoms with van der Waals surface area (Å²) in [5, 5.41) is -0.210. The number of rotatable bonds is 3. The van der Waals surface area contributed by atoms with Crippen LogP contribution in [0.4, 0.5) is 8.78 Å². The van der Waals surface area contributed by atoms with Crippen LogP contribution in [0.2, 0.25) is 5.02 Å². The molecule has 13 heavy (non-hydrogen) atoms. The van der Waals surface area contributed by atoms with Gasteiger partial charge in [-0.1, -0.05) is 11.6 Å². The smallest absolute Gasteiger partial charge is 0.387 e. The van der Waals surface area contributed by atoms with Gasteiger partial charge < -0.3 is 4.74 Å². The first-order chi connectivity index (χ1) is 6.15. The van der Waals surface area contributed by atoms with Crippen molar-refractivity contribution in [1.29, 1.82) is 0 Å². The maximum absolute atomic E-state index is 11.7. The molecule has 0 saturated heterocycles. The molecular formula is C7H4ClF2NO2. The van der Waals surface area contributed by atoms with Gasteiger partial charge in [0.2, 0.25) is 0 Å². The Labute approximate surface area is 77.3 Å². The molecule has 1 heterocycles. The molecule has 0 bridgehead atoms. The van der Waals surface area contributed by atoms with Crippen molar-refractivity contribution in [2.45, 2.75) is 6.61 Å². The number of hydrogen-bond acceptors (Lipinski definition) is 3. The Morgan fingerprint density at radius 3 is 2.85 bits per heavy atom. The predicted octanol–water partition coefficient (Wildman–Crippen LogP) is 2.15. The second-order valence-corrected chi connectivity index (χ2v) is 2.38. The molecular weight excluding hydrogens is 204 g/mol. The molecule has 0 aliphatic heterocycles. The van der Waals surface area contributed by atoms with Gasteiger partial charge in [0.25, 0.3) is 0 Å². The number of hydrogen-bond donors (Lipinski definition) is 0. The van der Waals surface area contributed by atoms with Crippen molar-refractivity contribution >= 4 is 17.9 Å². The summed E-state index contributed by atoms with van der Waals surface area (Å²) in [5.74, 6) is -0.256. The molecule has 0 radical (unpaired) electrons. The van der Waals surface area contributed by atoms with E-state index in [0.29, 0.717) is 6.29 Å². The number of aldehydes is 1. The average Bonchev–Trinajstić information content (AvgIpc) is 2.08. The molecule has 0 aliphatic carbocycles. The highest BCUT2D eigenvalue weighted by atomic mass is 35.5. The van der Waals surface area contributed by atoms with E-state index in [9.17, 15) is 13.6 Å². The Bertz CT molecular complexity index is 319. The summed E-state index contributed by atoms with van der Waals surface area (Å²) < 4.78 is 27.5. The van der Waals surface area contributed by atoms with E-state index in [2.05, 4.69) is 9.72 Å². The SMILES string of the molecule is O=Cc1nccc(OC(F)F)c1Cl.